The van der Waals surface area contributed by atoms with Gasteiger partial charge in [-0.05, 0) is 12.0 Å². The summed E-state index contributed by atoms with van der Waals surface area (Å²) in [4.78, 5) is 20.0. The van der Waals surface area contributed by atoms with E-state index in [1.165, 1.54) is 6.08 Å². The van der Waals surface area contributed by atoms with Crippen molar-refractivity contribution in [1.82, 2.24) is 0 Å². The Kier molecular flexibility index (Phi) is 7.94. The molecule has 98 valence electrons. The molecule has 0 amide bonds. The molecule has 1 aromatic carbocycles. The lowest BCUT2D eigenvalue weighted by molar-refractivity contribution is -0.143. The molecule has 0 saturated heterocycles. The van der Waals surface area contributed by atoms with Crippen LogP contribution in [0.5, 0.6) is 0 Å². The molecule has 0 aliphatic carbocycles. The highest BCUT2D eigenvalue weighted by Crippen LogP contribution is 2.20. The van der Waals surface area contributed by atoms with Gasteiger partial charge in [0.25, 0.3) is 5.97 Å². The van der Waals surface area contributed by atoms with Crippen LogP contribution in [-0.4, -0.2) is 17.0 Å². The number of carbonyl (C=O) groups is 2. The highest BCUT2D eigenvalue weighted by atomic mass is 16.5. The quantitative estimate of drug-likeness (QED) is 0.659. The molecule has 1 rings (SSSR count). The number of hydrogen-bond donors (Lipinski definition) is 1. The van der Waals surface area contributed by atoms with Gasteiger partial charge in [-0.15, -0.1) is 0 Å². The minimum absolute atomic E-state index is 0.165. The van der Waals surface area contributed by atoms with E-state index in [-0.39, 0.29) is 12.1 Å². The number of hydrogen-bond acceptors (Lipinski definition) is 3. The van der Waals surface area contributed by atoms with Crippen molar-refractivity contribution in [3.63, 3.8) is 0 Å². The smallest absolute Gasteiger partial charge is 0.330 e. The van der Waals surface area contributed by atoms with Crippen LogP contribution in [0.1, 0.15) is 31.9 Å². The van der Waals surface area contributed by atoms with Gasteiger partial charge in [-0.25, -0.2) is 4.79 Å². The summed E-state index contributed by atoms with van der Waals surface area (Å²) in [5, 5.41) is 7.42. The highest BCUT2D eigenvalue weighted by Gasteiger charge is 2.11. The Morgan fingerprint density at radius 1 is 1.39 bits per heavy atom. The molecule has 0 heterocycles. The predicted molar refractivity (Wildman–Crippen MR) is 69.1 cm³/mol. The predicted octanol–water partition coefficient (Wildman–Crippen LogP) is 2.96. The molecule has 0 radical (unpaired) electrons. The zero-order valence-electron chi connectivity index (χ0n) is 10.6. The third-order valence-corrected chi connectivity index (χ3v) is 1.97. The Balaban J connectivity index is 0.000000631. The molecule has 1 atom stereocenters. The van der Waals surface area contributed by atoms with Gasteiger partial charge in [0, 0.05) is 13.0 Å². The minimum Gasteiger partial charge on any atom is -0.481 e. The van der Waals surface area contributed by atoms with E-state index in [0.717, 1.165) is 18.9 Å². The van der Waals surface area contributed by atoms with Gasteiger partial charge < -0.3 is 9.84 Å². The van der Waals surface area contributed by atoms with Gasteiger partial charge in [-0.3, -0.25) is 4.79 Å². The second kappa shape index (κ2) is 8.98. The monoisotopic (exact) mass is 250 g/mol. The number of esters is 1. The lowest BCUT2D eigenvalue weighted by Gasteiger charge is -2.14. The maximum absolute atomic E-state index is 11.0. The number of ether oxygens (including phenoxy) is 1. The van der Waals surface area contributed by atoms with E-state index < -0.39 is 5.97 Å². The zero-order valence-corrected chi connectivity index (χ0v) is 10.6. The first-order valence-electron chi connectivity index (χ1n) is 5.58. The Hall–Kier alpha value is -2.10. The Bertz CT molecular complexity index is 380. The second-order valence-corrected chi connectivity index (χ2v) is 3.47. The fourth-order valence-corrected chi connectivity index (χ4v) is 1.24. The molecule has 4 heteroatoms. The highest BCUT2D eigenvalue weighted by molar-refractivity contribution is 5.81. The van der Waals surface area contributed by atoms with Crippen molar-refractivity contribution >= 4 is 11.9 Å². The van der Waals surface area contributed by atoms with Crippen LogP contribution in [0.3, 0.4) is 0 Å². The van der Waals surface area contributed by atoms with Crippen molar-refractivity contribution in [3.05, 3.63) is 48.6 Å². The lowest BCUT2D eigenvalue weighted by atomic mass is 10.1. The lowest BCUT2D eigenvalue weighted by Crippen LogP contribution is -2.08. The largest absolute Gasteiger partial charge is 0.481 e. The molecular weight excluding hydrogens is 232 g/mol. The first-order chi connectivity index (χ1) is 8.51. The Morgan fingerprint density at radius 2 is 1.89 bits per heavy atom. The molecular formula is C14H18O4. The topological polar surface area (TPSA) is 63.6 Å². The van der Waals surface area contributed by atoms with Gasteiger partial charge in [0.15, 0.2) is 0 Å². The molecule has 1 N–H and O–H groups in total. The molecule has 1 aromatic rings. The molecule has 0 aromatic heterocycles. The van der Waals surface area contributed by atoms with E-state index in [1.54, 1.807) is 0 Å². The van der Waals surface area contributed by atoms with Crippen molar-refractivity contribution in [2.45, 2.75) is 26.4 Å². The van der Waals surface area contributed by atoms with Gasteiger partial charge in [0.2, 0.25) is 0 Å². The number of carboxylic acid groups (broad SMARTS) is 1. The van der Waals surface area contributed by atoms with E-state index in [1.807, 2.05) is 37.3 Å². The maximum atomic E-state index is 11.0. The first kappa shape index (κ1) is 15.9. The van der Waals surface area contributed by atoms with Crippen LogP contribution in [0, 0.1) is 0 Å². The fraction of sp³-hybridized carbons (Fsp3) is 0.286. The number of carboxylic acids is 1. The number of rotatable bonds is 4. The molecule has 4 nitrogen and oxygen atoms in total. The average molecular weight is 250 g/mol. The van der Waals surface area contributed by atoms with E-state index in [2.05, 4.69) is 6.58 Å². The molecule has 18 heavy (non-hydrogen) atoms. The van der Waals surface area contributed by atoms with Crippen LogP contribution in [0.15, 0.2) is 43.0 Å². The summed E-state index contributed by atoms with van der Waals surface area (Å²) in [6.45, 7) is 6.43. The molecule has 0 aliphatic rings. The summed E-state index contributed by atoms with van der Waals surface area (Å²) in [5.74, 6) is -1.21. The van der Waals surface area contributed by atoms with Gasteiger partial charge in [0.1, 0.15) is 6.10 Å². The van der Waals surface area contributed by atoms with Crippen LogP contribution in [0.25, 0.3) is 0 Å². The van der Waals surface area contributed by atoms with Gasteiger partial charge in [-0.2, -0.15) is 0 Å². The van der Waals surface area contributed by atoms with E-state index in [0.29, 0.717) is 0 Å². The molecule has 0 saturated carbocycles. The van der Waals surface area contributed by atoms with Crippen molar-refractivity contribution in [2.24, 2.45) is 0 Å². The van der Waals surface area contributed by atoms with Crippen molar-refractivity contribution in [1.29, 1.82) is 0 Å². The summed E-state index contributed by atoms with van der Waals surface area (Å²) in [7, 11) is 0. The van der Waals surface area contributed by atoms with Gasteiger partial charge in [0.05, 0.1) is 0 Å². The van der Waals surface area contributed by atoms with Crippen molar-refractivity contribution in [3.8, 4) is 0 Å². The molecule has 0 fully saturated rings. The standard InChI is InChI=1S/C12H14O2.C2H4O2/c1-3-11(14-12(13)4-2)10-8-6-5-7-9-10;1-2(3)4/h4-9,11H,2-3H2,1H3;1H3,(H,3,4). The average Bonchev–Trinajstić information content (AvgIpc) is 2.36. The Morgan fingerprint density at radius 3 is 2.28 bits per heavy atom. The summed E-state index contributed by atoms with van der Waals surface area (Å²) < 4.78 is 5.18. The second-order valence-electron chi connectivity index (χ2n) is 3.47. The molecule has 0 spiro atoms. The molecule has 0 aliphatic heterocycles. The maximum Gasteiger partial charge on any atom is 0.330 e. The van der Waals surface area contributed by atoms with Gasteiger partial charge in [-0.1, -0.05) is 43.8 Å². The zero-order chi connectivity index (χ0) is 14.0. The molecule has 0 bridgehead atoms. The van der Waals surface area contributed by atoms with Crippen molar-refractivity contribution < 1.29 is 19.4 Å². The van der Waals surface area contributed by atoms with Crippen LogP contribution in [0.2, 0.25) is 0 Å². The summed E-state index contributed by atoms with van der Waals surface area (Å²) >= 11 is 0. The van der Waals surface area contributed by atoms with Crippen LogP contribution >= 0.6 is 0 Å². The fourth-order valence-electron chi connectivity index (χ4n) is 1.24. The first-order valence-corrected chi connectivity index (χ1v) is 5.58. The van der Waals surface area contributed by atoms with Crippen molar-refractivity contribution in [2.75, 3.05) is 0 Å². The van der Waals surface area contributed by atoms with E-state index >= 15 is 0 Å². The van der Waals surface area contributed by atoms with Crippen LogP contribution in [0.4, 0.5) is 0 Å². The summed E-state index contributed by atoms with van der Waals surface area (Å²) in [6, 6.07) is 9.69. The van der Waals surface area contributed by atoms with Crippen LogP contribution < -0.4 is 0 Å². The third-order valence-electron chi connectivity index (χ3n) is 1.97. The normalized spacial score (nSPS) is 10.6. The van der Waals surface area contributed by atoms with E-state index in [4.69, 9.17) is 14.6 Å². The van der Waals surface area contributed by atoms with E-state index in [9.17, 15) is 4.79 Å². The molecule has 1 unspecified atom stereocenters. The number of carbonyl (C=O) groups excluding carboxylic acids is 1. The Labute approximate surface area is 107 Å². The SMILES string of the molecule is C=CC(=O)OC(CC)c1ccccc1.CC(=O)O. The van der Waals surface area contributed by atoms with Gasteiger partial charge >= 0.3 is 5.97 Å². The van der Waals surface area contributed by atoms with Crippen LogP contribution in [-0.2, 0) is 14.3 Å². The minimum atomic E-state index is -0.833. The third kappa shape index (κ3) is 7.22. The summed E-state index contributed by atoms with van der Waals surface area (Å²) in [5.41, 5.74) is 1.02. The number of benzene rings is 1. The summed E-state index contributed by atoms with van der Waals surface area (Å²) in [6.07, 6.45) is 1.79. The number of aliphatic carboxylic acids is 1.